The second-order valence-corrected chi connectivity index (χ2v) is 11.2. The molecule has 7 unspecified atom stereocenters. The number of carbonyl (C=O) groups is 1. The number of ether oxygens (including phenoxy) is 2. The zero-order valence-corrected chi connectivity index (χ0v) is 16.2. The lowest BCUT2D eigenvalue weighted by Crippen LogP contribution is -2.49. The van der Waals surface area contributed by atoms with Crippen LogP contribution in [0.25, 0.3) is 0 Å². The Kier molecular flexibility index (Phi) is 3.33. The van der Waals surface area contributed by atoms with Crippen LogP contribution in [-0.4, -0.2) is 18.9 Å². The SMILES string of the molecule is O=C(OCOC1C2CC3CC(C2)CC1C3)C1CC2CC1C1C3C=CC(C3)C21. The van der Waals surface area contributed by atoms with Gasteiger partial charge < -0.3 is 9.47 Å². The molecule has 0 aromatic heterocycles. The maximum absolute atomic E-state index is 12.9. The van der Waals surface area contributed by atoms with Crippen LogP contribution >= 0.6 is 0 Å². The van der Waals surface area contributed by atoms with E-state index in [1.54, 1.807) is 0 Å². The Morgan fingerprint density at radius 2 is 1.48 bits per heavy atom. The molecule has 146 valence electrons. The van der Waals surface area contributed by atoms with Crippen LogP contribution < -0.4 is 0 Å². The molecule has 0 aromatic carbocycles. The summed E-state index contributed by atoms with van der Waals surface area (Å²) in [5.74, 6) is 8.25. The van der Waals surface area contributed by atoms with Crippen molar-refractivity contribution in [3.63, 3.8) is 0 Å². The lowest BCUT2D eigenvalue weighted by Gasteiger charge is -2.53. The molecule has 8 bridgehead atoms. The molecule has 3 heteroatoms. The molecule has 0 heterocycles. The summed E-state index contributed by atoms with van der Waals surface area (Å²) in [6, 6.07) is 0. The highest BCUT2D eigenvalue weighted by Gasteiger charge is 2.62. The fourth-order valence-corrected chi connectivity index (χ4v) is 9.71. The molecule has 8 aliphatic rings. The predicted molar refractivity (Wildman–Crippen MR) is 100 cm³/mol. The van der Waals surface area contributed by atoms with Crippen molar-refractivity contribution in [2.24, 2.45) is 65.1 Å². The summed E-state index contributed by atoms with van der Waals surface area (Å²) in [7, 11) is 0. The maximum Gasteiger partial charge on any atom is 0.311 e. The standard InChI is InChI=1S/C24H32O3/c25-24(20-10-16-9-19(20)22-15-2-1-14(8-15)21(16)22)27-11-26-23-17-4-12-3-13(6-17)7-18(23)5-12/h1-2,12-23H,3-11H2. The van der Waals surface area contributed by atoms with Crippen LogP contribution in [0.5, 0.6) is 0 Å². The van der Waals surface area contributed by atoms with E-state index in [-0.39, 0.29) is 18.7 Å². The fraction of sp³-hybridized carbons (Fsp3) is 0.875. The molecule has 0 aliphatic heterocycles. The van der Waals surface area contributed by atoms with Crippen LogP contribution in [0, 0.1) is 65.1 Å². The smallest absolute Gasteiger partial charge is 0.311 e. The van der Waals surface area contributed by atoms with Gasteiger partial charge in [-0.3, -0.25) is 4.79 Å². The van der Waals surface area contributed by atoms with Gasteiger partial charge in [0.2, 0.25) is 0 Å². The van der Waals surface area contributed by atoms with Crippen molar-refractivity contribution in [1.29, 1.82) is 0 Å². The van der Waals surface area contributed by atoms with Crippen molar-refractivity contribution in [3.05, 3.63) is 12.2 Å². The van der Waals surface area contributed by atoms with Gasteiger partial charge in [0.05, 0.1) is 12.0 Å². The van der Waals surface area contributed by atoms with Crippen molar-refractivity contribution >= 4 is 5.97 Å². The van der Waals surface area contributed by atoms with Crippen molar-refractivity contribution in [2.75, 3.05) is 6.79 Å². The van der Waals surface area contributed by atoms with Gasteiger partial charge in [0, 0.05) is 0 Å². The van der Waals surface area contributed by atoms with E-state index in [2.05, 4.69) is 12.2 Å². The number of esters is 1. The minimum absolute atomic E-state index is 0.0523. The Labute approximate surface area is 162 Å². The summed E-state index contributed by atoms with van der Waals surface area (Å²) in [5, 5.41) is 0. The third kappa shape index (κ3) is 2.21. The molecule has 27 heavy (non-hydrogen) atoms. The zero-order valence-electron chi connectivity index (χ0n) is 16.2. The van der Waals surface area contributed by atoms with Crippen molar-refractivity contribution in [2.45, 2.75) is 57.5 Å². The van der Waals surface area contributed by atoms with Gasteiger partial charge in [0.15, 0.2) is 6.79 Å². The van der Waals surface area contributed by atoms with E-state index in [1.807, 2.05) is 0 Å². The summed E-state index contributed by atoms with van der Waals surface area (Å²) >= 11 is 0. The van der Waals surface area contributed by atoms with Crippen molar-refractivity contribution in [3.8, 4) is 0 Å². The second kappa shape index (κ2) is 5.62. The van der Waals surface area contributed by atoms with Crippen LogP contribution in [0.3, 0.4) is 0 Å². The Hall–Kier alpha value is -0.830. The second-order valence-electron chi connectivity index (χ2n) is 11.2. The monoisotopic (exact) mass is 368 g/mol. The van der Waals surface area contributed by atoms with Crippen molar-refractivity contribution in [1.82, 2.24) is 0 Å². The zero-order chi connectivity index (χ0) is 17.7. The Balaban J connectivity index is 0.970. The molecule has 0 saturated heterocycles. The average Bonchev–Trinajstić information content (AvgIpc) is 3.42. The lowest BCUT2D eigenvalue weighted by atomic mass is 9.55. The van der Waals surface area contributed by atoms with E-state index < -0.39 is 0 Å². The summed E-state index contributed by atoms with van der Waals surface area (Å²) in [6.45, 7) is 0.208. The number of fused-ring (bicyclic) bond motifs is 9. The fourth-order valence-electron chi connectivity index (χ4n) is 9.71. The van der Waals surface area contributed by atoms with Gasteiger partial charge >= 0.3 is 5.97 Å². The Morgan fingerprint density at radius 1 is 0.778 bits per heavy atom. The van der Waals surface area contributed by atoms with Gasteiger partial charge in [-0.2, -0.15) is 0 Å². The maximum atomic E-state index is 12.9. The Morgan fingerprint density at radius 3 is 2.22 bits per heavy atom. The first-order valence-corrected chi connectivity index (χ1v) is 11.7. The van der Waals surface area contributed by atoms with Crippen LogP contribution in [0.1, 0.15) is 51.4 Å². The number of carbonyl (C=O) groups excluding carboxylic acids is 1. The third-order valence-corrected chi connectivity index (χ3v) is 10.2. The number of hydrogen-bond donors (Lipinski definition) is 0. The van der Waals surface area contributed by atoms with Gasteiger partial charge in [-0.25, -0.2) is 0 Å². The number of allylic oxidation sites excluding steroid dienone is 2. The molecule has 0 radical (unpaired) electrons. The van der Waals surface area contributed by atoms with Gasteiger partial charge in [-0.15, -0.1) is 0 Å². The van der Waals surface area contributed by atoms with E-state index in [0.29, 0.717) is 12.0 Å². The van der Waals surface area contributed by atoms with E-state index in [9.17, 15) is 4.79 Å². The topological polar surface area (TPSA) is 35.5 Å². The molecular weight excluding hydrogens is 336 g/mol. The van der Waals surface area contributed by atoms with E-state index >= 15 is 0 Å². The Bertz CT molecular complexity index is 655. The van der Waals surface area contributed by atoms with Gasteiger partial charge in [-0.05, 0) is 111 Å². The molecule has 8 rings (SSSR count). The molecule has 0 amide bonds. The molecule has 7 saturated carbocycles. The average molecular weight is 369 g/mol. The van der Waals surface area contributed by atoms with Crippen LogP contribution in [0.15, 0.2) is 12.2 Å². The first-order valence-electron chi connectivity index (χ1n) is 11.7. The van der Waals surface area contributed by atoms with E-state index in [1.165, 1.54) is 44.9 Å². The summed E-state index contributed by atoms with van der Waals surface area (Å²) < 4.78 is 11.9. The van der Waals surface area contributed by atoms with Gasteiger partial charge in [-0.1, -0.05) is 12.2 Å². The molecular formula is C24H32O3. The summed E-state index contributed by atoms with van der Waals surface area (Å²) in [5.41, 5.74) is 0. The molecule has 7 fully saturated rings. The third-order valence-electron chi connectivity index (χ3n) is 10.2. The van der Waals surface area contributed by atoms with Crippen LogP contribution in [-0.2, 0) is 14.3 Å². The largest absolute Gasteiger partial charge is 0.438 e. The highest BCUT2D eigenvalue weighted by atomic mass is 16.7. The molecule has 0 spiro atoms. The van der Waals surface area contributed by atoms with E-state index in [4.69, 9.17) is 9.47 Å². The lowest BCUT2D eigenvalue weighted by molar-refractivity contribution is -0.191. The quantitative estimate of drug-likeness (QED) is 0.319. The minimum atomic E-state index is 0.0523. The minimum Gasteiger partial charge on any atom is -0.438 e. The molecule has 3 nitrogen and oxygen atoms in total. The molecule has 8 aliphatic carbocycles. The summed E-state index contributed by atoms with van der Waals surface area (Å²) in [4.78, 5) is 12.9. The molecule has 7 atom stereocenters. The van der Waals surface area contributed by atoms with E-state index in [0.717, 1.165) is 59.7 Å². The normalized spacial score (nSPS) is 58.2. The highest BCUT2D eigenvalue weighted by Crippen LogP contribution is 2.67. The van der Waals surface area contributed by atoms with Gasteiger partial charge in [0.1, 0.15) is 0 Å². The first-order chi connectivity index (χ1) is 13.2. The summed E-state index contributed by atoms with van der Waals surface area (Å²) in [6.07, 6.45) is 15.9. The van der Waals surface area contributed by atoms with Crippen molar-refractivity contribution < 1.29 is 14.3 Å². The predicted octanol–water partition coefficient (Wildman–Crippen LogP) is 4.42. The molecule has 0 aromatic rings. The van der Waals surface area contributed by atoms with Crippen LogP contribution in [0.4, 0.5) is 0 Å². The molecule has 0 N–H and O–H groups in total. The van der Waals surface area contributed by atoms with Crippen LogP contribution in [0.2, 0.25) is 0 Å². The first kappa shape index (κ1) is 16.0. The number of rotatable bonds is 4. The highest BCUT2D eigenvalue weighted by molar-refractivity contribution is 5.73. The number of hydrogen-bond acceptors (Lipinski definition) is 3. The van der Waals surface area contributed by atoms with Gasteiger partial charge in [0.25, 0.3) is 0 Å².